The van der Waals surface area contributed by atoms with E-state index in [-0.39, 0.29) is 11.9 Å². The largest absolute Gasteiger partial charge is 0.441 e. The van der Waals surface area contributed by atoms with E-state index in [1.165, 1.54) is 0 Å². The minimum absolute atomic E-state index is 0.0463. The van der Waals surface area contributed by atoms with Gasteiger partial charge in [0.1, 0.15) is 0 Å². The molecule has 0 saturated carbocycles. The van der Waals surface area contributed by atoms with E-state index in [2.05, 4.69) is 10.3 Å². The molecule has 0 bridgehead atoms. The van der Waals surface area contributed by atoms with Crippen molar-refractivity contribution in [3.63, 3.8) is 0 Å². The predicted octanol–water partition coefficient (Wildman–Crippen LogP) is 5.77. The van der Waals surface area contributed by atoms with Gasteiger partial charge in [-0.05, 0) is 43.2 Å². The van der Waals surface area contributed by atoms with Gasteiger partial charge in [-0.1, -0.05) is 47.5 Å². The Bertz CT molecular complexity index is 953. The number of benzene rings is 2. The number of hydrogen-bond donors (Lipinski definition) is 1. The number of hydrogen-bond acceptors (Lipinski definition) is 3. The number of rotatable bonds is 6. The van der Waals surface area contributed by atoms with Crippen LogP contribution in [0.4, 0.5) is 0 Å². The molecule has 2 aromatic carbocycles. The van der Waals surface area contributed by atoms with Gasteiger partial charge in [-0.2, -0.15) is 0 Å². The molecule has 0 saturated heterocycles. The van der Waals surface area contributed by atoms with Crippen molar-refractivity contribution in [2.45, 2.75) is 32.7 Å². The first-order valence-electron chi connectivity index (χ1n) is 8.69. The molecule has 0 aliphatic heterocycles. The van der Waals surface area contributed by atoms with Gasteiger partial charge in [-0.3, -0.25) is 4.79 Å². The van der Waals surface area contributed by atoms with E-state index in [0.717, 1.165) is 16.7 Å². The highest BCUT2D eigenvalue weighted by atomic mass is 35.5. The summed E-state index contributed by atoms with van der Waals surface area (Å²) in [6, 6.07) is 13.1. The molecule has 1 amide bonds. The predicted molar refractivity (Wildman–Crippen MR) is 108 cm³/mol. The van der Waals surface area contributed by atoms with Gasteiger partial charge in [-0.15, -0.1) is 0 Å². The molecule has 0 aliphatic carbocycles. The van der Waals surface area contributed by atoms with Crippen LogP contribution in [0.1, 0.15) is 36.4 Å². The van der Waals surface area contributed by atoms with Crippen molar-refractivity contribution >= 4 is 29.1 Å². The van der Waals surface area contributed by atoms with Gasteiger partial charge in [0.2, 0.25) is 5.91 Å². The van der Waals surface area contributed by atoms with Gasteiger partial charge in [0.05, 0.1) is 17.3 Å². The zero-order chi connectivity index (χ0) is 19.4. The second-order valence-corrected chi connectivity index (χ2v) is 7.23. The lowest BCUT2D eigenvalue weighted by atomic mass is 10.0. The number of halogens is 2. The van der Waals surface area contributed by atoms with Crippen LogP contribution in [0.15, 0.2) is 53.1 Å². The summed E-state index contributed by atoms with van der Waals surface area (Å²) < 4.78 is 5.73. The Kier molecular flexibility index (Phi) is 6.19. The number of nitrogens with one attached hydrogen (secondary N) is 1. The Morgan fingerprint density at radius 1 is 1.22 bits per heavy atom. The Labute approximate surface area is 168 Å². The molecule has 27 heavy (non-hydrogen) atoms. The van der Waals surface area contributed by atoms with Crippen LogP contribution in [0.25, 0.3) is 11.3 Å². The molecule has 3 rings (SSSR count). The zero-order valence-electron chi connectivity index (χ0n) is 15.1. The van der Waals surface area contributed by atoms with E-state index in [9.17, 15) is 4.79 Å². The number of oxazole rings is 1. The first-order chi connectivity index (χ1) is 12.9. The maximum atomic E-state index is 12.3. The normalized spacial score (nSPS) is 12.0. The molecule has 0 radical (unpaired) electrons. The minimum Gasteiger partial charge on any atom is -0.441 e. The second kappa shape index (κ2) is 8.59. The average molecular weight is 403 g/mol. The summed E-state index contributed by atoms with van der Waals surface area (Å²) in [6.45, 7) is 4.01. The van der Waals surface area contributed by atoms with Gasteiger partial charge in [0.25, 0.3) is 0 Å². The fourth-order valence-corrected chi connectivity index (χ4v) is 3.43. The number of aromatic nitrogens is 1. The quantitative estimate of drug-likeness (QED) is 0.569. The maximum Gasteiger partial charge on any atom is 0.220 e. The van der Waals surface area contributed by atoms with Crippen molar-refractivity contribution in [3.8, 4) is 11.3 Å². The number of nitrogens with zero attached hydrogens (tertiary/aromatic N) is 1. The van der Waals surface area contributed by atoms with Crippen LogP contribution >= 0.6 is 23.2 Å². The van der Waals surface area contributed by atoms with Crippen LogP contribution in [-0.2, 0) is 11.2 Å². The summed E-state index contributed by atoms with van der Waals surface area (Å²) >= 11 is 12.1. The lowest BCUT2D eigenvalue weighted by Crippen LogP contribution is -2.27. The monoisotopic (exact) mass is 402 g/mol. The molecule has 3 aromatic rings. The van der Waals surface area contributed by atoms with Gasteiger partial charge in [0.15, 0.2) is 11.7 Å². The molecule has 1 heterocycles. The average Bonchev–Trinajstić information content (AvgIpc) is 3.09. The van der Waals surface area contributed by atoms with Crippen molar-refractivity contribution in [1.29, 1.82) is 0 Å². The Morgan fingerprint density at radius 2 is 2.00 bits per heavy atom. The topological polar surface area (TPSA) is 55.1 Å². The van der Waals surface area contributed by atoms with E-state index in [0.29, 0.717) is 34.5 Å². The molecule has 0 spiro atoms. The summed E-state index contributed by atoms with van der Waals surface area (Å²) in [7, 11) is 0. The van der Waals surface area contributed by atoms with E-state index in [1.807, 2.05) is 38.1 Å². The first kappa shape index (κ1) is 19.5. The van der Waals surface area contributed by atoms with Crippen molar-refractivity contribution in [2.24, 2.45) is 0 Å². The maximum absolute atomic E-state index is 12.3. The fourth-order valence-electron chi connectivity index (χ4n) is 2.92. The molecule has 0 aliphatic rings. The number of carbonyl (C=O) groups excluding carboxylic acids is 1. The van der Waals surface area contributed by atoms with Gasteiger partial charge in [-0.25, -0.2) is 4.98 Å². The van der Waals surface area contributed by atoms with Crippen molar-refractivity contribution in [2.75, 3.05) is 0 Å². The van der Waals surface area contributed by atoms with Crippen LogP contribution in [0.2, 0.25) is 10.0 Å². The SMILES string of the molecule is Cc1ccccc1[C@@H](C)NC(=O)CCc1ncc(-c2ccc(Cl)cc2Cl)o1. The molecular formula is C21H20Cl2N2O2. The summed E-state index contributed by atoms with van der Waals surface area (Å²) in [5, 5.41) is 4.07. The number of carbonyl (C=O) groups is 1. The van der Waals surface area contributed by atoms with E-state index in [1.54, 1.807) is 24.4 Å². The van der Waals surface area contributed by atoms with E-state index < -0.39 is 0 Å². The highest BCUT2D eigenvalue weighted by molar-refractivity contribution is 6.36. The number of aryl methyl sites for hydroxylation is 2. The third-order valence-corrected chi connectivity index (χ3v) is 4.90. The van der Waals surface area contributed by atoms with Crippen LogP contribution in [-0.4, -0.2) is 10.9 Å². The standard InChI is InChI=1S/C21H20Cl2N2O2/c1-13-5-3-4-6-16(13)14(2)25-20(26)9-10-21-24-12-19(27-21)17-8-7-15(22)11-18(17)23/h3-8,11-12,14H,9-10H2,1-2H3,(H,25,26)/t14-/m1/s1. The lowest BCUT2D eigenvalue weighted by Gasteiger charge is -2.16. The van der Waals surface area contributed by atoms with E-state index >= 15 is 0 Å². The highest BCUT2D eigenvalue weighted by Gasteiger charge is 2.14. The van der Waals surface area contributed by atoms with Crippen LogP contribution in [0, 0.1) is 6.92 Å². The molecule has 1 aromatic heterocycles. The summed E-state index contributed by atoms with van der Waals surface area (Å²) in [5.74, 6) is 1.00. The van der Waals surface area contributed by atoms with Crippen molar-refractivity contribution in [1.82, 2.24) is 10.3 Å². The van der Waals surface area contributed by atoms with Crippen LogP contribution in [0.5, 0.6) is 0 Å². The summed E-state index contributed by atoms with van der Waals surface area (Å²) in [4.78, 5) is 16.5. The molecule has 1 N–H and O–H groups in total. The fraction of sp³-hybridized carbons (Fsp3) is 0.238. The van der Waals surface area contributed by atoms with Crippen molar-refractivity contribution in [3.05, 3.63) is 75.7 Å². The summed E-state index contributed by atoms with van der Waals surface area (Å²) in [5.41, 5.74) is 2.99. The van der Waals surface area contributed by atoms with Gasteiger partial charge in [0, 0.05) is 23.4 Å². The minimum atomic E-state index is -0.0494. The molecule has 1 atom stereocenters. The zero-order valence-corrected chi connectivity index (χ0v) is 16.6. The molecule has 4 nitrogen and oxygen atoms in total. The molecule has 140 valence electrons. The molecular weight excluding hydrogens is 383 g/mol. The molecule has 6 heteroatoms. The van der Waals surface area contributed by atoms with Gasteiger partial charge < -0.3 is 9.73 Å². The third kappa shape index (κ3) is 4.90. The first-order valence-corrected chi connectivity index (χ1v) is 9.44. The van der Waals surface area contributed by atoms with Crippen LogP contribution < -0.4 is 5.32 Å². The Hall–Kier alpha value is -2.30. The van der Waals surface area contributed by atoms with Crippen LogP contribution in [0.3, 0.4) is 0 Å². The summed E-state index contributed by atoms with van der Waals surface area (Å²) in [6.07, 6.45) is 2.32. The smallest absolute Gasteiger partial charge is 0.220 e. The van der Waals surface area contributed by atoms with Gasteiger partial charge >= 0.3 is 0 Å². The number of amides is 1. The third-order valence-electron chi connectivity index (χ3n) is 4.35. The Morgan fingerprint density at radius 3 is 2.74 bits per heavy atom. The Balaban J connectivity index is 1.58. The lowest BCUT2D eigenvalue weighted by molar-refractivity contribution is -0.121. The molecule has 0 fully saturated rings. The van der Waals surface area contributed by atoms with E-state index in [4.69, 9.17) is 27.6 Å². The highest BCUT2D eigenvalue weighted by Crippen LogP contribution is 2.30. The van der Waals surface area contributed by atoms with Crippen molar-refractivity contribution < 1.29 is 9.21 Å². The molecule has 0 unspecified atom stereocenters. The second-order valence-electron chi connectivity index (χ2n) is 6.39.